The van der Waals surface area contributed by atoms with Crippen LogP contribution in [0.1, 0.15) is 25.0 Å². The first-order valence-electron chi connectivity index (χ1n) is 10.4. The maximum atomic E-state index is 9.11. The van der Waals surface area contributed by atoms with Gasteiger partial charge in [-0.25, -0.2) is 0 Å². The summed E-state index contributed by atoms with van der Waals surface area (Å²) in [5, 5.41) is 0. The minimum atomic E-state index is 0.404. The van der Waals surface area contributed by atoms with Crippen molar-refractivity contribution in [3.05, 3.63) is 144 Å². The number of benzene rings is 4. The molecule has 0 aliphatic carbocycles. The van der Waals surface area contributed by atoms with E-state index < -0.39 is 0 Å². The maximum absolute atomic E-state index is 9.11. The van der Waals surface area contributed by atoms with Gasteiger partial charge in [0.05, 0.1) is 2.74 Å². The van der Waals surface area contributed by atoms with Crippen LogP contribution in [0.4, 0.5) is 0 Å². The highest BCUT2D eigenvalue weighted by Gasteiger charge is 2.11. The second-order valence-electron chi connectivity index (χ2n) is 6.46. The highest BCUT2D eigenvalue weighted by atomic mass is 14.1. The van der Waals surface area contributed by atoms with Crippen LogP contribution in [-0.2, 0) is 0 Å². The van der Waals surface area contributed by atoms with Crippen LogP contribution >= 0.6 is 0 Å². The zero-order chi connectivity index (χ0) is 20.8. The average Bonchev–Trinajstić information content (AvgIpc) is 2.84. The molecular weight excluding hydrogens is 336 g/mol. The van der Waals surface area contributed by atoms with Gasteiger partial charge in [-0.2, -0.15) is 0 Å². The molecule has 0 saturated carbocycles. The molecule has 28 heavy (non-hydrogen) atoms. The van der Waals surface area contributed by atoms with E-state index >= 15 is 0 Å². The molecule has 0 aliphatic rings. The molecule has 0 heteroatoms. The fraction of sp³-hybridized carbons (Fsp3) is 0. The summed E-state index contributed by atoms with van der Waals surface area (Å²) in [7, 11) is 0. The zero-order valence-corrected chi connectivity index (χ0v) is 15.5. The molecule has 0 radical (unpaired) electrons. The van der Waals surface area contributed by atoms with Gasteiger partial charge in [0.25, 0.3) is 0 Å². The van der Waals surface area contributed by atoms with Gasteiger partial charge in [0.1, 0.15) is 0 Å². The molecule has 134 valence electrons. The lowest BCUT2D eigenvalue weighted by Crippen LogP contribution is -1.92. The summed E-state index contributed by atoms with van der Waals surface area (Å²) in [4.78, 5) is 0. The van der Waals surface area contributed by atoms with Gasteiger partial charge in [-0.1, -0.05) is 121 Å². The third kappa shape index (κ3) is 4.36. The van der Waals surface area contributed by atoms with Crippen LogP contribution in [0.2, 0.25) is 0 Å². The Morgan fingerprint density at radius 1 is 0.429 bits per heavy atom. The van der Waals surface area contributed by atoms with E-state index in [-0.39, 0.29) is 0 Å². The van der Waals surface area contributed by atoms with Crippen molar-refractivity contribution in [2.24, 2.45) is 0 Å². The van der Waals surface area contributed by atoms with Gasteiger partial charge in [0.2, 0.25) is 0 Å². The topological polar surface area (TPSA) is 0 Å². The molecule has 0 saturated heterocycles. The first-order chi connectivity index (χ1) is 14.8. The van der Waals surface area contributed by atoms with E-state index in [1.54, 1.807) is 0 Å². The molecule has 0 aliphatic heterocycles. The Labute approximate surface area is 169 Å². The van der Waals surface area contributed by atoms with Crippen LogP contribution < -0.4 is 0 Å². The second-order valence-corrected chi connectivity index (χ2v) is 6.46. The molecule has 0 aromatic heterocycles. The second kappa shape index (κ2) is 8.83. The lowest BCUT2D eigenvalue weighted by atomic mass is 9.89. The molecule has 0 bridgehead atoms. The molecule has 4 rings (SSSR count). The van der Waals surface area contributed by atoms with E-state index in [9.17, 15) is 0 Å². The van der Waals surface area contributed by atoms with Crippen LogP contribution in [0.5, 0.6) is 0 Å². The smallest absolute Gasteiger partial charge is 0.0622 e. The maximum Gasteiger partial charge on any atom is 0.0636 e. The monoisotopic (exact) mass is 360 g/mol. The van der Waals surface area contributed by atoms with Crippen molar-refractivity contribution in [1.82, 2.24) is 0 Å². The Bertz CT molecular complexity index is 1060. The molecule has 0 atom stereocenters. The number of allylic oxidation sites excluding steroid dienone is 2. The third-order valence-electron chi connectivity index (χ3n) is 4.46. The van der Waals surface area contributed by atoms with Crippen molar-refractivity contribution < 1.29 is 2.74 Å². The molecule has 4 aromatic rings. The third-order valence-corrected chi connectivity index (χ3v) is 4.46. The molecule has 0 fully saturated rings. The van der Waals surface area contributed by atoms with Crippen molar-refractivity contribution in [3.8, 4) is 0 Å². The summed E-state index contributed by atoms with van der Waals surface area (Å²) >= 11 is 0. The van der Waals surface area contributed by atoms with Gasteiger partial charge in [0, 0.05) is 0 Å². The minimum Gasteiger partial charge on any atom is -0.0622 e. The van der Waals surface area contributed by atoms with Crippen molar-refractivity contribution >= 4 is 23.3 Å². The molecule has 0 heterocycles. The molecule has 0 nitrogen and oxygen atoms in total. The summed E-state index contributed by atoms with van der Waals surface area (Å²) in [5.74, 6) is 0. The fourth-order valence-corrected chi connectivity index (χ4v) is 3.10. The quantitative estimate of drug-likeness (QED) is 0.256. The largest absolute Gasteiger partial charge is 0.0636 e. The number of hydrogen-bond acceptors (Lipinski definition) is 0. The Hall–Kier alpha value is -3.64. The van der Waals surface area contributed by atoms with Gasteiger partial charge in [-0.3, -0.25) is 0 Å². The molecule has 0 N–H and O–H groups in total. The summed E-state index contributed by atoms with van der Waals surface area (Å²) in [5.41, 5.74) is 5.00. The van der Waals surface area contributed by atoms with E-state index in [4.69, 9.17) is 2.74 Å². The van der Waals surface area contributed by atoms with Crippen molar-refractivity contribution in [1.29, 1.82) is 0 Å². The van der Waals surface area contributed by atoms with Gasteiger partial charge in [-0.05, 0) is 45.5 Å². The Morgan fingerprint density at radius 3 is 1.04 bits per heavy atom. The number of rotatable bonds is 5. The highest BCUT2D eigenvalue weighted by molar-refractivity contribution is 6.15. The van der Waals surface area contributed by atoms with Crippen LogP contribution in [0, 0.1) is 0 Å². The standard InChI is InChI=1S/C28H22/c1-5-13-23(14-6-1)21-27(25-17-9-3-10-18-25)28(26-19-11-4-12-20-26)22-24-15-7-2-8-16-24/h1-22H/b27-21+,28-22+/i21D,22D. The van der Waals surface area contributed by atoms with Gasteiger partial charge in [0.15, 0.2) is 0 Å². The van der Waals surface area contributed by atoms with Crippen molar-refractivity contribution in [2.75, 3.05) is 0 Å². The fourth-order valence-electron chi connectivity index (χ4n) is 3.10. The van der Waals surface area contributed by atoms with Crippen LogP contribution in [0.25, 0.3) is 23.3 Å². The molecular formula is C28H22. The first kappa shape index (κ1) is 15.4. The first-order valence-corrected chi connectivity index (χ1v) is 9.39. The highest BCUT2D eigenvalue weighted by Crippen LogP contribution is 2.34. The molecule has 4 aromatic carbocycles. The average molecular weight is 360 g/mol. The van der Waals surface area contributed by atoms with Crippen molar-refractivity contribution in [2.45, 2.75) is 0 Å². The van der Waals surface area contributed by atoms with E-state index in [1.165, 1.54) is 0 Å². The van der Waals surface area contributed by atoms with Crippen LogP contribution in [-0.4, -0.2) is 0 Å². The Balaban J connectivity index is 2.07. The SMILES string of the molecule is [2H]/C(=C(\C(=C(/[2H])c1ccccc1)c1ccccc1)c1ccccc1)c1ccccc1. The predicted octanol–water partition coefficient (Wildman–Crippen LogP) is 7.47. The molecule has 0 spiro atoms. The Kier molecular flexibility index (Phi) is 4.87. The van der Waals surface area contributed by atoms with Gasteiger partial charge in [-0.15, -0.1) is 0 Å². The summed E-state index contributed by atoms with van der Waals surface area (Å²) < 4.78 is 18.2. The number of hydrogen-bond donors (Lipinski definition) is 0. The lowest BCUT2D eigenvalue weighted by Gasteiger charge is -2.15. The molecule has 0 amide bonds. The van der Waals surface area contributed by atoms with E-state index in [0.717, 1.165) is 33.4 Å². The van der Waals surface area contributed by atoms with Crippen LogP contribution in [0.3, 0.4) is 0 Å². The van der Waals surface area contributed by atoms with Gasteiger partial charge >= 0.3 is 0 Å². The summed E-state index contributed by atoms with van der Waals surface area (Å²) in [6.45, 7) is 0. The summed E-state index contributed by atoms with van der Waals surface area (Å²) in [6, 6.07) is 40.1. The van der Waals surface area contributed by atoms with E-state index in [2.05, 4.69) is 0 Å². The van der Waals surface area contributed by atoms with Crippen LogP contribution in [0.15, 0.2) is 121 Å². The molecule has 0 unspecified atom stereocenters. The van der Waals surface area contributed by atoms with Gasteiger partial charge < -0.3 is 0 Å². The lowest BCUT2D eigenvalue weighted by molar-refractivity contribution is 1.58. The van der Waals surface area contributed by atoms with Crippen molar-refractivity contribution in [3.63, 3.8) is 0 Å². The van der Waals surface area contributed by atoms with E-state index in [0.29, 0.717) is 12.1 Å². The predicted molar refractivity (Wildman–Crippen MR) is 122 cm³/mol. The minimum absolute atomic E-state index is 0.404. The van der Waals surface area contributed by atoms with E-state index in [1.807, 2.05) is 121 Å². The summed E-state index contributed by atoms with van der Waals surface area (Å²) in [6.07, 6.45) is 0. The zero-order valence-electron chi connectivity index (χ0n) is 17.5. The Morgan fingerprint density at radius 2 is 0.714 bits per heavy atom. The normalized spacial score (nSPS) is 13.7.